The highest BCUT2D eigenvalue weighted by Gasteiger charge is 2.22. The van der Waals surface area contributed by atoms with Crippen molar-refractivity contribution < 1.29 is 5.21 Å². The summed E-state index contributed by atoms with van der Waals surface area (Å²) >= 11 is 6.02. The van der Waals surface area contributed by atoms with Crippen LogP contribution in [0.25, 0.3) is 22.0 Å². The monoisotopic (exact) mass is 525 g/mol. The Morgan fingerprint density at radius 3 is 2.63 bits per heavy atom. The average molecular weight is 526 g/mol. The Labute approximate surface area is 228 Å². The third kappa shape index (κ3) is 5.11. The van der Waals surface area contributed by atoms with Gasteiger partial charge in [-0.2, -0.15) is 0 Å². The van der Waals surface area contributed by atoms with E-state index in [2.05, 4.69) is 70.8 Å². The van der Waals surface area contributed by atoms with Gasteiger partial charge in [-0.05, 0) is 85.5 Å². The minimum atomic E-state index is 0.361. The lowest BCUT2D eigenvalue weighted by atomic mass is 9.84. The van der Waals surface area contributed by atoms with E-state index < -0.39 is 0 Å². The molecule has 0 radical (unpaired) electrons. The minimum Gasteiger partial charge on any atom is -0.411 e. The van der Waals surface area contributed by atoms with E-state index in [9.17, 15) is 5.21 Å². The molecule has 4 aromatic rings. The summed E-state index contributed by atoms with van der Waals surface area (Å²) in [6.07, 6.45) is 4.93. The summed E-state index contributed by atoms with van der Waals surface area (Å²) in [6, 6.07) is 21.2. The van der Waals surface area contributed by atoms with Gasteiger partial charge >= 0.3 is 0 Å². The Morgan fingerprint density at radius 2 is 1.84 bits per heavy atom. The molecule has 6 nitrogen and oxygen atoms in total. The first-order valence-electron chi connectivity index (χ1n) is 13.4. The van der Waals surface area contributed by atoms with Gasteiger partial charge in [-0.25, -0.2) is 9.97 Å². The second-order valence-corrected chi connectivity index (χ2v) is 10.9. The van der Waals surface area contributed by atoms with Crippen LogP contribution < -0.4 is 5.32 Å². The zero-order chi connectivity index (χ0) is 26.1. The minimum absolute atomic E-state index is 0.361. The number of likely N-dealkylation sites (tertiary alicyclic amines) is 1. The maximum absolute atomic E-state index is 9.63. The quantitative estimate of drug-likeness (QED) is 0.220. The lowest BCUT2D eigenvalue weighted by molar-refractivity contribution is 0.211. The number of aryl methyl sites for hydroxylation is 2. The number of aromatic nitrogens is 2. The van der Waals surface area contributed by atoms with Crippen LogP contribution in [0.2, 0.25) is 5.02 Å². The molecule has 1 saturated heterocycles. The number of nitrogens with one attached hydrogen (secondary N) is 1. The first kappa shape index (κ1) is 24.8. The van der Waals surface area contributed by atoms with E-state index in [-0.39, 0.29) is 0 Å². The second-order valence-electron chi connectivity index (χ2n) is 10.4. The molecule has 6 rings (SSSR count). The Kier molecular flexibility index (Phi) is 7.00. The number of benzene rings is 3. The van der Waals surface area contributed by atoms with E-state index in [1.165, 1.54) is 11.1 Å². The molecule has 0 spiro atoms. The second kappa shape index (κ2) is 10.7. The zero-order valence-corrected chi connectivity index (χ0v) is 22.4. The van der Waals surface area contributed by atoms with Gasteiger partial charge < -0.3 is 10.5 Å². The molecule has 1 fully saturated rings. The molecular formula is C31H32ClN5O. The summed E-state index contributed by atoms with van der Waals surface area (Å²) in [5, 5.41) is 18.7. The van der Waals surface area contributed by atoms with Crippen LogP contribution in [0.3, 0.4) is 0 Å². The standard InChI is InChI=1S/C31H32ClN5O/c1-20-27-18-23(26-6-2-4-22-5-3-7-29(36-38)30(22)26)10-13-28(27)35-31(33-20)34-25-14-16-37(17-15-25)19-21-8-11-24(32)12-9-21/h2,4,6,8-13,18,25,38H,3,5,7,14-17,19H2,1H3,(H,33,34,35)/b36-29+. The summed E-state index contributed by atoms with van der Waals surface area (Å²) in [5.41, 5.74) is 8.47. The SMILES string of the molecule is Cc1nc(NC2CCN(Cc3ccc(Cl)cc3)CC2)nc2ccc(-c3cccc4c3/C(=N/O)CCC4)cc12. The fourth-order valence-electron chi connectivity index (χ4n) is 5.84. The molecule has 1 aliphatic heterocycles. The summed E-state index contributed by atoms with van der Waals surface area (Å²) < 4.78 is 0. The number of oxime groups is 1. The van der Waals surface area contributed by atoms with Crippen LogP contribution in [0, 0.1) is 6.92 Å². The average Bonchev–Trinajstić information content (AvgIpc) is 2.94. The number of anilines is 1. The van der Waals surface area contributed by atoms with Gasteiger partial charge in [-0.1, -0.05) is 53.2 Å². The molecule has 2 N–H and O–H groups in total. The van der Waals surface area contributed by atoms with Crippen LogP contribution in [0.5, 0.6) is 0 Å². The molecule has 7 heteroatoms. The molecule has 194 valence electrons. The highest BCUT2D eigenvalue weighted by Crippen LogP contribution is 2.34. The number of nitrogens with zero attached hydrogens (tertiary/aromatic N) is 4. The van der Waals surface area contributed by atoms with Gasteiger partial charge in [0.1, 0.15) is 0 Å². The number of rotatable bonds is 5. The summed E-state index contributed by atoms with van der Waals surface area (Å²) in [5.74, 6) is 0.700. The van der Waals surface area contributed by atoms with Crippen molar-refractivity contribution in [1.29, 1.82) is 0 Å². The number of fused-ring (bicyclic) bond motifs is 2. The molecule has 0 bridgehead atoms. The molecule has 1 aliphatic carbocycles. The molecule has 0 atom stereocenters. The van der Waals surface area contributed by atoms with Crippen LogP contribution in [0.15, 0.2) is 65.8 Å². The van der Waals surface area contributed by atoms with Gasteiger partial charge in [-0.3, -0.25) is 4.90 Å². The van der Waals surface area contributed by atoms with Gasteiger partial charge in [0.05, 0.1) is 16.9 Å². The number of piperidine rings is 1. The van der Waals surface area contributed by atoms with Crippen LogP contribution in [-0.4, -0.2) is 44.9 Å². The molecule has 1 aromatic heterocycles. The van der Waals surface area contributed by atoms with Crippen molar-refractivity contribution in [3.8, 4) is 11.1 Å². The zero-order valence-electron chi connectivity index (χ0n) is 21.6. The Hall–Kier alpha value is -3.48. The van der Waals surface area contributed by atoms with E-state index in [1.54, 1.807) is 0 Å². The van der Waals surface area contributed by atoms with Crippen LogP contribution in [-0.2, 0) is 13.0 Å². The van der Waals surface area contributed by atoms with Crippen LogP contribution >= 0.6 is 11.6 Å². The Balaban J connectivity index is 1.17. The highest BCUT2D eigenvalue weighted by molar-refractivity contribution is 6.30. The van der Waals surface area contributed by atoms with Crippen molar-refractivity contribution >= 4 is 34.2 Å². The highest BCUT2D eigenvalue weighted by atomic mass is 35.5. The first-order chi connectivity index (χ1) is 18.6. The third-order valence-corrected chi connectivity index (χ3v) is 8.11. The van der Waals surface area contributed by atoms with Crippen molar-refractivity contribution in [2.24, 2.45) is 5.16 Å². The van der Waals surface area contributed by atoms with Crippen molar-refractivity contribution in [2.75, 3.05) is 18.4 Å². The topological polar surface area (TPSA) is 73.6 Å². The van der Waals surface area contributed by atoms with Gasteiger partial charge in [0.2, 0.25) is 5.95 Å². The lowest BCUT2D eigenvalue weighted by Gasteiger charge is -2.32. The van der Waals surface area contributed by atoms with E-state index in [0.717, 1.165) is 95.8 Å². The van der Waals surface area contributed by atoms with E-state index in [1.807, 2.05) is 12.1 Å². The molecule has 0 unspecified atom stereocenters. The number of halogens is 1. The van der Waals surface area contributed by atoms with Crippen LogP contribution in [0.1, 0.15) is 48.1 Å². The van der Waals surface area contributed by atoms with Gasteiger partial charge in [0, 0.05) is 41.6 Å². The molecule has 3 aromatic carbocycles. The van der Waals surface area contributed by atoms with Crippen molar-refractivity contribution in [2.45, 2.75) is 51.6 Å². The normalized spacial score (nSPS) is 17.6. The first-order valence-corrected chi connectivity index (χ1v) is 13.8. The predicted molar refractivity (Wildman–Crippen MR) is 154 cm³/mol. The molecule has 0 amide bonds. The molecule has 38 heavy (non-hydrogen) atoms. The third-order valence-electron chi connectivity index (χ3n) is 7.86. The molecule has 2 heterocycles. The maximum Gasteiger partial charge on any atom is 0.223 e. The van der Waals surface area contributed by atoms with Crippen LogP contribution in [0.4, 0.5) is 5.95 Å². The van der Waals surface area contributed by atoms with E-state index >= 15 is 0 Å². The van der Waals surface area contributed by atoms with E-state index in [4.69, 9.17) is 21.6 Å². The fraction of sp³-hybridized carbons (Fsp3) is 0.323. The van der Waals surface area contributed by atoms with Crippen molar-refractivity contribution in [3.63, 3.8) is 0 Å². The molecule has 2 aliphatic rings. The molecule has 0 saturated carbocycles. The predicted octanol–water partition coefficient (Wildman–Crippen LogP) is 6.85. The number of hydrogen-bond donors (Lipinski definition) is 2. The van der Waals surface area contributed by atoms with Gasteiger partial charge in [0.15, 0.2) is 0 Å². The fourth-order valence-corrected chi connectivity index (χ4v) is 5.97. The van der Waals surface area contributed by atoms with E-state index in [0.29, 0.717) is 12.0 Å². The largest absolute Gasteiger partial charge is 0.411 e. The summed E-state index contributed by atoms with van der Waals surface area (Å²) in [7, 11) is 0. The smallest absolute Gasteiger partial charge is 0.223 e. The van der Waals surface area contributed by atoms with Crippen molar-refractivity contribution in [1.82, 2.24) is 14.9 Å². The number of hydrogen-bond acceptors (Lipinski definition) is 6. The van der Waals surface area contributed by atoms with Crippen molar-refractivity contribution in [3.05, 3.63) is 88.1 Å². The Morgan fingerprint density at radius 1 is 1.03 bits per heavy atom. The maximum atomic E-state index is 9.63. The van der Waals surface area contributed by atoms with Gasteiger partial charge in [-0.15, -0.1) is 0 Å². The summed E-state index contributed by atoms with van der Waals surface area (Å²) in [4.78, 5) is 12.2. The Bertz CT molecular complexity index is 1490. The lowest BCUT2D eigenvalue weighted by Crippen LogP contribution is -2.39. The van der Waals surface area contributed by atoms with Gasteiger partial charge in [0.25, 0.3) is 0 Å². The summed E-state index contributed by atoms with van der Waals surface area (Å²) in [6.45, 7) is 5.08. The molecular weight excluding hydrogens is 494 g/mol.